The van der Waals surface area contributed by atoms with Crippen molar-refractivity contribution in [1.82, 2.24) is 5.32 Å². The van der Waals surface area contributed by atoms with E-state index in [1.165, 1.54) is 31.5 Å². The highest BCUT2D eigenvalue weighted by Crippen LogP contribution is 2.16. The van der Waals surface area contributed by atoms with Crippen LogP contribution in [0.4, 0.5) is 0 Å². The van der Waals surface area contributed by atoms with Crippen molar-refractivity contribution in [2.75, 3.05) is 19.7 Å². The standard InChI is InChI=1S/C21H23N3O2/c22-13-19-5-1-2-6-20(19)26-16-21(25)23-14-17-7-9-18(10-8-17)15-24-11-3-4-12-24/h1-2,5-10H,3-4,11-12,14-16H2,(H,23,25)/p+1. The maximum atomic E-state index is 12.0. The van der Waals surface area contributed by atoms with Gasteiger partial charge < -0.3 is 15.0 Å². The molecule has 134 valence electrons. The number of para-hydroxylation sites is 1. The molecule has 1 fully saturated rings. The second-order valence-electron chi connectivity index (χ2n) is 6.62. The Morgan fingerprint density at radius 2 is 1.77 bits per heavy atom. The Morgan fingerprint density at radius 1 is 1.08 bits per heavy atom. The molecule has 1 aliphatic rings. The first-order valence-corrected chi connectivity index (χ1v) is 9.04. The van der Waals surface area contributed by atoms with Crippen LogP contribution in [0.25, 0.3) is 0 Å². The summed E-state index contributed by atoms with van der Waals surface area (Å²) in [7, 11) is 0. The van der Waals surface area contributed by atoms with Gasteiger partial charge in [-0.2, -0.15) is 5.26 Å². The van der Waals surface area contributed by atoms with Crippen LogP contribution in [0.15, 0.2) is 48.5 Å². The quantitative estimate of drug-likeness (QED) is 0.794. The van der Waals surface area contributed by atoms with Crippen LogP contribution >= 0.6 is 0 Å². The Labute approximate surface area is 154 Å². The number of amides is 1. The van der Waals surface area contributed by atoms with Gasteiger partial charge in [0.15, 0.2) is 6.61 Å². The molecule has 3 rings (SSSR count). The number of nitrogens with one attached hydrogen (secondary N) is 2. The number of benzene rings is 2. The Balaban J connectivity index is 1.43. The molecule has 26 heavy (non-hydrogen) atoms. The van der Waals surface area contributed by atoms with E-state index >= 15 is 0 Å². The highest BCUT2D eigenvalue weighted by Gasteiger charge is 2.15. The maximum Gasteiger partial charge on any atom is 0.258 e. The summed E-state index contributed by atoms with van der Waals surface area (Å²) in [5.41, 5.74) is 2.83. The minimum atomic E-state index is -0.205. The fourth-order valence-corrected chi connectivity index (χ4v) is 3.20. The maximum absolute atomic E-state index is 12.0. The normalized spacial score (nSPS) is 14.0. The van der Waals surface area contributed by atoms with E-state index in [2.05, 4.69) is 29.6 Å². The Hall–Kier alpha value is -2.84. The molecule has 1 aliphatic heterocycles. The van der Waals surface area contributed by atoms with Gasteiger partial charge in [0.1, 0.15) is 18.4 Å². The zero-order chi connectivity index (χ0) is 18.2. The molecule has 1 saturated heterocycles. The zero-order valence-corrected chi connectivity index (χ0v) is 14.8. The van der Waals surface area contributed by atoms with Gasteiger partial charge in [0.05, 0.1) is 18.7 Å². The lowest BCUT2D eigenvalue weighted by Crippen LogP contribution is -3.08. The lowest BCUT2D eigenvalue weighted by atomic mass is 10.1. The molecular formula is C21H24N3O2+. The van der Waals surface area contributed by atoms with Gasteiger partial charge in [0.2, 0.25) is 0 Å². The Morgan fingerprint density at radius 3 is 2.50 bits per heavy atom. The van der Waals surface area contributed by atoms with Crippen LogP contribution in [0, 0.1) is 11.3 Å². The van der Waals surface area contributed by atoms with Gasteiger partial charge in [-0.25, -0.2) is 0 Å². The first-order valence-electron chi connectivity index (χ1n) is 9.04. The van der Waals surface area contributed by atoms with Crippen LogP contribution < -0.4 is 15.0 Å². The molecule has 0 radical (unpaired) electrons. The van der Waals surface area contributed by atoms with E-state index in [0.717, 1.165) is 12.1 Å². The molecule has 1 amide bonds. The molecular weight excluding hydrogens is 326 g/mol. The molecule has 0 bridgehead atoms. The van der Waals surface area contributed by atoms with Crippen molar-refractivity contribution < 1.29 is 14.4 Å². The number of hydrogen-bond acceptors (Lipinski definition) is 3. The largest absolute Gasteiger partial charge is 0.482 e. The number of hydrogen-bond donors (Lipinski definition) is 2. The second kappa shape index (κ2) is 9.02. The summed E-state index contributed by atoms with van der Waals surface area (Å²) in [6.07, 6.45) is 2.67. The van der Waals surface area contributed by atoms with Crippen molar-refractivity contribution in [2.24, 2.45) is 0 Å². The van der Waals surface area contributed by atoms with Crippen LogP contribution in [0.5, 0.6) is 5.75 Å². The molecule has 1 heterocycles. The molecule has 5 nitrogen and oxygen atoms in total. The lowest BCUT2D eigenvalue weighted by Gasteiger charge is -2.12. The van der Waals surface area contributed by atoms with Gasteiger partial charge in [0, 0.05) is 24.9 Å². The topological polar surface area (TPSA) is 66.6 Å². The molecule has 2 N–H and O–H groups in total. The number of carbonyl (C=O) groups is 1. The van der Waals surface area contributed by atoms with Gasteiger partial charge >= 0.3 is 0 Å². The van der Waals surface area contributed by atoms with E-state index in [1.807, 2.05) is 6.07 Å². The molecule has 0 saturated carbocycles. The molecule has 0 aromatic heterocycles. The minimum Gasteiger partial charge on any atom is -0.482 e. The van der Waals surface area contributed by atoms with Gasteiger partial charge in [0.25, 0.3) is 5.91 Å². The fraction of sp³-hybridized carbons (Fsp3) is 0.333. The Kier molecular flexibility index (Phi) is 6.24. The van der Waals surface area contributed by atoms with E-state index in [1.54, 1.807) is 29.2 Å². The third kappa shape index (κ3) is 5.08. The number of nitriles is 1. The molecule has 5 heteroatoms. The van der Waals surface area contributed by atoms with Crippen molar-refractivity contribution >= 4 is 5.91 Å². The average Bonchev–Trinajstić information content (AvgIpc) is 3.19. The zero-order valence-electron chi connectivity index (χ0n) is 14.8. The van der Waals surface area contributed by atoms with Gasteiger partial charge in [-0.05, 0) is 17.7 Å². The number of nitrogens with zero attached hydrogens (tertiary/aromatic N) is 1. The molecule has 0 unspecified atom stereocenters. The third-order valence-electron chi connectivity index (χ3n) is 4.64. The summed E-state index contributed by atoms with van der Waals surface area (Å²) >= 11 is 0. The number of likely N-dealkylation sites (tertiary alicyclic amines) is 1. The summed E-state index contributed by atoms with van der Waals surface area (Å²) < 4.78 is 5.43. The van der Waals surface area contributed by atoms with Gasteiger partial charge in [-0.15, -0.1) is 0 Å². The predicted molar refractivity (Wildman–Crippen MR) is 98.6 cm³/mol. The van der Waals surface area contributed by atoms with E-state index in [-0.39, 0.29) is 12.5 Å². The summed E-state index contributed by atoms with van der Waals surface area (Å²) in [5, 5.41) is 11.9. The fourth-order valence-electron chi connectivity index (χ4n) is 3.20. The molecule has 0 spiro atoms. The Bertz CT molecular complexity index is 775. The minimum absolute atomic E-state index is 0.102. The molecule has 2 aromatic carbocycles. The van der Waals surface area contributed by atoms with E-state index in [4.69, 9.17) is 10.00 Å². The summed E-state index contributed by atoms with van der Waals surface area (Å²) in [5.74, 6) is 0.224. The number of rotatable bonds is 7. The summed E-state index contributed by atoms with van der Waals surface area (Å²) in [6.45, 7) is 3.99. The smallest absolute Gasteiger partial charge is 0.258 e. The number of quaternary nitrogens is 1. The van der Waals surface area contributed by atoms with E-state index in [9.17, 15) is 4.79 Å². The van der Waals surface area contributed by atoms with Crippen LogP contribution in [0.3, 0.4) is 0 Å². The lowest BCUT2D eigenvalue weighted by molar-refractivity contribution is -0.901. The van der Waals surface area contributed by atoms with Crippen LogP contribution in [0.2, 0.25) is 0 Å². The van der Waals surface area contributed by atoms with Crippen LogP contribution in [-0.2, 0) is 17.9 Å². The molecule has 0 atom stereocenters. The average molecular weight is 350 g/mol. The van der Waals surface area contributed by atoms with Crippen molar-refractivity contribution in [2.45, 2.75) is 25.9 Å². The molecule has 0 aliphatic carbocycles. The number of carbonyl (C=O) groups excluding carboxylic acids is 1. The highest BCUT2D eigenvalue weighted by atomic mass is 16.5. The van der Waals surface area contributed by atoms with Crippen molar-refractivity contribution in [3.8, 4) is 11.8 Å². The molecule has 2 aromatic rings. The van der Waals surface area contributed by atoms with E-state index < -0.39 is 0 Å². The van der Waals surface area contributed by atoms with Gasteiger partial charge in [-0.1, -0.05) is 36.4 Å². The second-order valence-corrected chi connectivity index (χ2v) is 6.62. The monoisotopic (exact) mass is 350 g/mol. The van der Waals surface area contributed by atoms with Crippen LogP contribution in [0.1, 0.15) is 29.5 Å². The summed E-state index contributed by atoms with van der Waals surface area (Å²) in [4.78, 5) is 13.6. The van der Waals surface area contributed by atoms with Crippen molar-refractivity contribution in [3.63, 3.8) is 0 Å². The van der Waals surface area contributed by atoms with Crippen molar-refractivity contribution in [1.29, 1.82) is 5.26 Å². The van der Waals surface area contributed by atoms with Crippen molar-refractivity contribution in [3.05, 3.63) is 65.2 Å². The summed E-state index contributed by atoms with van der Waals surface area (Å²) in [6, 6.07) is 17.4. The first-order chi connectivity index (χ1) is 12.7. The number of ether oxygens (including phenoxy) is 1. The SMILES string of the molecule is N#Cc1ccccc1OCC(=O)NCc1ccc(C[NH+]2CCCC2)cc1. The predicted octanol–water partition coefficient (Wildman–Crippen LogP) is 1.43. The highest BCUT2D eigenvalue weighted by molar-refractivity contribution is 5.77. The van der Waals surface area contributed by atoms with E-state index in [0.29, 0.717) is 17.9 Å². The van der Waals surface area contributed by atoms with Gasteiger partial charge in [-0.3, -0.25) is 4.79 Å². The van der Waals surface area contributed by atoms with Crippen LogP contribution in [-0.4, -0.2) is 25.6 Å². The third-order valence-corrected chi connectivity index (χ3v) is 4.64. The first kappa shape index (κ1) is 18.0.